The molecule has 2 heterocycles. The lowest BCUT2D eigenvalue weighted by molar-refractivity contribution is -0.121. The number of halogens is 2. The Hall–Kier alpha value is -1.88. The molecule has 0 saturated carbocycles. The fraction of sp³-hybridized carbons (Fsp3) is 0.353. The van der Waals surface area contributed by atoms with E-state index in [-0.39, 0.29) is 18.8 Å². The van der Waals surface area contributed by atoms with E-state index in [9.17, 15) is 22.0 Å². The number of amides is 1. The van der Waals surface area contributed by atoms with Gasteiger partial charge < -0.3 is 5.32 Å². The Balaban J connectivity index is 1.59. The van der Waals surface area contributed by atoms with E-state index in [1.54, 1.807) is 24.4 Å². The SMILES string of the molecule is CC(C(=O)Nc1ccc(F)cc1F)N1CCN(S(=O)(=O)c2cccs2)CC1. The number of hydrogen-bond donors (Lipinski definition) is 1. The summed E-state index contributed by atoms with van der Waals surface area (Å²) in [6.45, 7) is 2.96. The minimum absolute atomic E-state index is 0.0906. The fourth-order valence-electron chi connectivity index (χ4n) is 2.86. The molecule has 1 unspecified atom stereocenters. The third-order valence-electron chi connectivity index (χ3n) is 4.48. The van der Waals surface area contributed by atoms with Gasteiger partial charge in [0.05, 0.1) is 11.7 Å². The summed E-state index contributed by atoms with van der Waals surface area (Å²) in [5.41, 5.74) is -0.0906. The second kappa shape index (κ2) is 8.01. The molecule has 1 aromatic carbocycles. The zero-order valence-corrected chi connectivity index (χ0v) is 16.2. The van der Waals surface area contributed by atoms with Crippen LogP contribution in [0.25, 0.3) is 0 Å². The number of sulfonamides is 1. The molecule has 1 aromatic heterocycles. The highest BCUT2D eigenvalue weighted by atomic mass is 32.2. The quantitative estimate of drug-likeness (QED) is 0.814. The Morgan fingerprint density at radius 2 is 1.89 bits per heavy atom. The molecule has 0 bridgehead atoms. The molecule has 0 spiro atoms. The first-order chi connectivity index (χ1) is 12.8. The topological polar surface area (TPSA) is 69.7 Å². The molecule has 10 heteroatoms. The fourth-order valence-corrected chi connectivity index (χ4v) is 5.43. The number of nitrogens with one attached hydrogen (secondary N) is 1. The van der Waals surface area contributed by atoms with E-state index < -0.39 is 33.6 Å². The summed E-state index contributed by atoms with van der Waals surface area (Å²) in [5.74, 6) is -2.00. The molecule has 146 valence electrons. The summed E-state index contributed by atoms with van der Waals surface area (Å²) in [6, 6.07) is 5.61. The standard InChI is InChI=1S/C17H19F2N3O3S2/c1-12(17(23)20-15-5-4-13(18)11-14(15)19)21-6-8-22(9-7-21)27(24,25)16-3-2-10-26-16/h2-5,10-12H,6-9H2,1H3,(H,20,23). The second-order valence-electron chi connectivity index (χ2n) is 6.16. The van der Waals surface area contributed by atoms with Crippen molar-refractivity contribution in [3.05, 3.63) is 47.3 Å². The van der Waals surface area contributed by atoms with E-state index in [4.69, 9.17) is 0 Å². The first-order valence-electron chi connectivity index (χ1n) is 8.32. The summed E-state index contributed by atoms with van der Waals surface area (Å²) in [5, 5.41) is 4.16. The molecule has 1 atom stereocenters. The lowest BCUT2D eigenvalue weighted by Crippen LogP contribution is -2.53. The van der Waals surface area contributed by atoms with Gasteiger partial charge in [-0.05, 0) is 30.5 Å². The number of benzene rings is 1. The molecule has 6 nitrogen and oxygen atoms in total. The van der Waals surface area contributed by atoms with E-state index in [0.29, 0.717) is 23.4 Å². The van der Waals surface area contributed by atoms with Crippen LogP contribution in [-0.2, 0) is 14.8 Å². The van der Waals surface area contributed by atoms with Crippen LogP contribution in [0, 0.1) is 11.6 Å². The van der Waals surface area contributed by atoms with Gasteiger partial charge in [0.2, 0.25) is 5.91 Å². The van der Waals surface area contributed by atoms with Gasteiger partial charge in [-0.1, -0.05) is 6.07 Å². The Kier molecular flexibility index (Phi) is 5.89. The zero-order chi connectivity index (χ0) is 19.6. The average Bonchev–Trinajstić information content (AvgIpc) is 3.19. The van der Waals surface area contributed by atoms with Crippen LogP contribution >= 0.6 is 11.3 Å². The molecular formula is C17H19F2N3O3S2. The molecule has 1 amide bonds. The molecule has 1 aliphatic rings. The van der Waals surface area contributed by atoms with Gasteiger partial charge in [0.15, 0.2) is 0 Å². The van der Waals surface area contributed by atoms with Crippen LogP contribution in [0.1, 0.15) is 6.92 Å². The van der Waals surface area contributed by atoms with Crippen LogP contribution in [0.4, 0.5) is 14.5 Å². The molecule has 2 aromatic rings. The van der Waals surface area contributed by atoms with Crippen LogP contribution in [0.5, 0.6) is 0 Å². The molecule has 1 N–H and O–H groups in total. The molecule has 27 heavy (non-hydrogen) atoms. The molecule has 1 aliphatic heterocycles. The molecule has 0 radical (unpaired) electrons. The summed E-state index contributed by atoms with van der Waals surface area (Å²) in [7, 11) is -3.51. The van der Waals surface area contributed by atoms with Crippen LogP contribution in [0.15, 0.2) is 39.9 Å². The zero-order valence-electron chi connectivity index (χ0n) is 14.6. The highest BCUT2D eigenvalue weighted by molar-refractivity contribution is 7.91. The molecule has 1 saturated heterocycles. The average molecular weight is 415 g/mol. The van der Waals surface area contributed by atoms with Gasteiger partial charge in [-0.15, -0.1) is 11.3 Å². The van der Waals surface area contributed by atoms with Gasteiger partial charge in [-0.2, -0.15) is 4.31 Å². The van der Waals surface area contributed by atoms with Crippen LogP contribution in [0.2, 0.25) is 0 Å². The Bertz CT molecular complexity index is 912. The van der Waals surface area contributed by atoms with Crippen LogP contribution < -0.4 is 5.32 Å². The van der Waals surface area contributed by atoms with Crippen molar-refractivity contribution >= 4 is 33.0 Å². The number of carbonyl (C=O) groups excluding carboxylic acids is 1. The predicted octanol–water partition coefficient (Wildman–Crippen LogP) is 2.36. The van der Waals surface area contributed by atoms with Crippen molar-refractivity contribution in [3.8, 4) is 0 Å². The van der Waals surface area contributed by atoms with Crippen molar-refractivity contribution in [2.75, 3.05) is 31.5 Å². The van der Waals surface area contributed by atoms with Crippen molar-refractivity contribution in [2.24, 2.45) is 0 Å². The van der Waals surface area contributed by atoms with Crippen LogP contribution in [-0.4, -0.2) is 55.8 Å². The number of thiophene rings is 1. The number of piperazine rings is 1. The molecular weight excluding hydrogens is 396 g/mol. The first-order valence-corrected chi connectivity index (χ1v) is 10.6. The first kappa shape index (κ1) is 19.9. The van der Waals surface area contributed by atoms with Gasteiger partial charge in [-0.3, -0.25) is 9.69 Å². The maximum Gasteiger partial charge on any atom is 0.252 e. The number of hydrogen-bond acceptors (Lipinski definition) is 5. The summed E-state index contributed by atoms with van der Waals surface area (Å²) < 4.78 is 53.4. The van der Waals surface area contributed by atoms with Gasteiger partial charge in [0.1, 0.15) is 15.8 Å². The Morgan fingerprint density at radius 3 is 2.48 bits per heavy atom. The summed E-state index contributed by atoms with van der Waals surface area (Å²) in [4.78, 5) is 14.2. The third-order valence-corrected chi connectivity index (χ3v) is 7.75. The largest absolute Gasteiger partial charge is 0.322 e. The Morgan fingerprint density at radius 1 is 1.19 bits per heavy atom. The number of rotatable bonds is 5. The third kappa shape index (κ3) is 4.34. The number of anilines is 1. The van der Waals surface area contributed by atoms with E-state index >= 15 is 0 Å². The van der Waals surface area contributed by atoms with Crippen molar-refractivity contribution in [1.82, 2.24) is 9.21 Å². The summed E-state index contributed by atoms with van der Waals surface area (Å²) >= 11 is 1.17. The molecule has 3 rings (SSSR count). The van der Waals surface area contributed by atoms with Gasteiger partial charge in [0.25, 0.3) is 10.0 Å². The van der Waals surface area contributed by atoms with E-state index in [1.807, 2.05) is 4.90 Å². The maximum absolute atomic E-state index is 13.7. The minimum Gasteiger partial charge on any atom is -0.322 e. The molecule has 1 fully saturated rings. The summed E-state index contributed by atoms with van der Waals surface area (Å²) in [6.07, 6.45) is 0. The van der Waals surface area contributed by atoms with Crippen molar-refractivity contribution in [3.63, 3.8) is 0 Å². The van der Waals surface area contributed by atoms with E-state index in [2.05, 4.69) is 5.32 Å². The highest BCUT2D eigenvalue weighted by Gasteiger charge is 2.32. The number of carbonyl (C=O) groups is 1. The van der Waals surface area contributed by atoms with Crippen molar-refractivity contribution < 1.29 is 22.0 Å². The normalized spacial score (nSPS) is 17.6. The van der Waals surface area contributed by atoms with Gasteiger partial charge >= 0.3 is 0 Å². The number of nitrogens with zero attached hydrogens (tertiary/aromatic N) is 2. The predicted molar refractivity (Wildman–Crippen MR) is 99.1 cm³/mol. The van der Waals surface area contributed by atoms with Gasteiger partial charge in [-0.25, -0.2) is 17.2 Å². The minimum atomic E-state index is -3.51. The lowest BCUT2D eigenvalue weighted by atomic mass is 10.2. The van der Waals surface area contributed by atoms with E-state index in [0.717, 1.165) is 6.07 Å². The molecule has 0 aliphatic carbocycles. The monoisotopic (exact) mass is 415 g/mol. The van der Waals surface area contributed by atoms with Crippen molar-refractivity contribution in [2.45, 2.75) is 17.2 Å². The lowest BCUT2D eigenvalue weighted by Gasteiger charge is -2.36. The van der Waals surface area contributed by atoms with E-state index in [1.165, 1.54) is 21.7 Å². The van der Waals surface area contributed by atoms with Crippen molar-refractivity contribution in [1.29, 1.82) is 0 Å². The highest BCUT2D eigenvalue weighted by Crippen LogP contribution is 2.23. The maximum atomic E-state index is 13.7. The Labute approximate surface area is 160 Å². The second-order valence-corrected chi connectivity index (χ2v) is 9.27. The smallest absolute Gasteiger partial charge is 0.252 e. The van der Waals surface area contributed by atoms with Crippen LogP contribution in [0.3, 0.4) is 0 Å². The van der Waals surface area contributed by atoms with Gasteiger partial charge in [0, 0.05) is 32.2 Å².